The Kier molecular flexibility index (Phi) is 4.32. The Morgan fingerprint density at radius 2 is 1.94 bits per heavy atom. The highest BCUT2D eigenvalue weighted by atomic mass is 32.2. The second-order valence-electron chi connectivity index (χ2n) is 3.47. The molecule has 0 atom stereocenters. The molecule has 1 aromatic carbocycles. The summed E-state index contributed by atoms with van der Waals surface area (Å²) in [5, 5.41) is 8.32. The molecule has 0 amide bonds. The summed E-state index contributed by atoms with van der Waals surface area (Å²) < 4.78 is 24.9. The van der Waals surface area contributed by atoms with Gasteiger partial charge in [0.1, 0.15) is 0 Å². The van der Waals surface area contributed by atoms with Gasteiger partial charge in [-0.05, 0) is 24.1 Å². The molecule has 0 bridgehead atoms. The molecule has 86 valence electrons. The van der Waals surface area contributed by atoms with Gasteiger partial charge in [0.15, 0.2) is 5.75 Å². The van der Waals surface area contributed by atoms with Crippen molar-refractivity contribution < 1.29 is 8.42 Å². The highest BCUT2D eigenvalue weighted by molar-refractivity contribution is 7.92. The van der Waals surface area contributed by atoms with Crippen molar-refractivity contribution in [3.63, 3.8) is 0 Å². The summed E-state index contributed by atoms with van der Waals surface area (Å²) in [4.78, 5) is 0. The highest BCUT2D eigenvalue weighted by Crippen LogP contribution is 2.12. The standard InChI is InChI=1S/C11H14N2O2S/c1-2-3-10-4-6-11(7-5-10)13-16(14,15)9-8-12/h4-7,13H,2-3,9H2,1H3. The number of hydrogen-bond acceptors (Lipinski definition) is 3. The smallest absolute Gasteiger partial charge is 0.246 e. The number of nitrogens with zero attached hydrogens (tertiary/aromatic N) is 1. The van der Waals surface area contributed by atoms with Crippen LogP contribution < -0.4 is 4.72 Å². The summed E-state index contributed by atoms with van der Waals surface area (Å²) in [7, 11) is -3.52. The van der Waals surface area contributed by atoms with Crippen molar-refractivity contribution in [1.29, 1.82) is 5.26 Å². The molecule has 0 unspecified atom stereocenters. The van der Waals surface area contributed by atoms with Gasteiger partial charge in [-0.1, -0.05) is 25.5 Å². The molecule has 1 aromatic rings. The van der Waals surface area contributed by atoms with Gasteiger partial charge in [-0.25, -0.2) is 8.42 Å². The van der Waals surface area contributed by atoms with Crippen molar-refractivity contribution in [2.45, 2.75) is 19.8 Å². The van der Waals surface area contributed by atoms with Crippen LogP contribution in [0.25, 0.3) is 0 Å². The topological polar surface area (TPSA) is 70.0 Å². The van der Waals surface area contributed by atoms with Gasteiger partial charge in [-0.2, -0.15) is 5.26 Å². The van der Waals surface area contributed by atoms with Gasteiger partial charge < -0.3 is 0 Å². The number of rotatable bonds is 5. The van der Waals surface area contributed by atoms with Gasteiger partial charge in [-0.15, -0.1) is 0 Å². The van der Waals surface area contributed by atoms with E-state index in [1.807, 2.05) is 12.1 Å². The van der Waals surface area contributed by atoms with E-state index in [0.717, 1.165) is 12.8 Å². The number of sulfonamides is 1. The molecule has 0 spiro atoms. The Morgan fingerprint density at radius 3 is 2.44 bits per heavy atom. The van der Waals surface area contributed by atoms with Gasteiger partial charge in [0.2, 0.25) is 10.0 Å². The lowest BCUT2D eigenvalue weighted by Gasteiger charge is -2.05. The van der Waals surface area contributed by atoms with Gasteiger partial charge in [0.05, 0.1) is 6.07 Å². The summed E-state index contributed by atoms with van der Waals surface area (Å²) in [6, 6.07) is 8.79. The third kappa shape index (κ3) is 3.91. The van der Waals surface area contributed by atoms with E-state index in [1.165, 1.54) is 5.56 Å². The molecule has 0 heterocycles. The minimum Gasteiger partial charge on any atom is -0.283 e. The lowest BCUT2D eigenvalue weighted by Crippen LogP contribution is -2.15. The Bertz CT molecular complexity index is 472. The maximum Gasteiger partial charge on any atom is 0.246 e. The molecule has 0 saturated heterocycles. The lowest BCUT2D eigenvalue weighted by molar-refractivity contribution is 0.604. The van der Waals surface area contributed by atoms with Crippen LogP contribution in [-0.4, -0.2) is 14.2 Å². The van der Waals surface area contributed by atoms with Crippen LogP contribution in [0.3, 0.4) is 0 Å². The second-order valence-corrected chi connectivity index (χ2v) is 5.19. The molecule has 0 aliphatic carbocycles. The van der Waals surface area contributed by atoms with Crippen molar-refractivity contribution in [3.05, 3.63) is 29.8 Å². The molecule has 0 radical (unpaired) electrons. The number of nitriles is 1. The summed E-state index contributed by atoms with van der Waals surface area (Å²) in [5.41, 5.74) is 1.67. The zero-order valence-corrected chi connectivity index (χ0v) is 9.92. The lowest BCUT2D eigenvalue weighted by atomic mass is 10.1. The summed E-state index contributed by atoms with van der Waals surface area (Å²) in [5.74, 6) is -0.524. The Morgan fingerprint density at radius 1 is 1.31 bits per heavy atom. The SMILES string of the molecule is CCCc1ccc(NS(=O)(=O)CC#N)cc1. The fourth-order valence-electron chi connectivity index (χ4n) is 1.33. The number of anilines is 1. The number of nitrogens with one attached hydrogen (secondary N) is 1. The molecule has 1 N–H and O–H groups in total. The minimum atomic E-state index is -3.52. The monoisotopic (exact) mass is 238 g/mol. The van der Waals surface area contributed by atoms with Crippen LogP contribution in [-0.2, 0) is 16.4 Å². The van der Waals surface area contributed by atoms with Gasteiger partial charge in [0, 0.05) is 5.69 Å². The number of hydrogen-bond donors (Lipinski definition) is 1. The van der Waals surface area contributed by atoms with E-state index in [0.29, 0.717) is 5.69 Å². The zero-order chi connectivity index (χ0) is 12.0. The van der Waals surface area contributed by atoms with Crippen molar-refractivity contribution >= 4 is 15.7 Å². The van der Waals surface area contributed by atoms with Crippen LogP contribution in [0.1, 0.15) is 18.9 Å². The molecular formula is C11H14N2O2S. The van der Waals surface area contributed by atoms with E-state index in [9.17, 15) is 8.42 Å². The maximum atomic E-state index is 11.3. The quantitative estimate of drug-likeness (QED) is 0.851. The van der Waals surface area contributed by atoms with E-state index in [1.54, 1.807) is 18.2 Å². The third-order valence-corrected chi connectivity index (χ3v) is 3.08. The van der Waals surface area contributed by atoms with Crippen molar-refractivity contribution in [3.8, 4) is 6.07 Å². The number of benzene rings is 1. The molecule has 16 heavy (non-hydrogen) atoms. The van der Waals surface area contributed by atoms with Gasteiger partial charge in [-0.3, -0.25) is 4.72 Å². The highest BCUT2D eigenvalue weighted by Gasteiger charge is 2.08. The average Bonchev–Trinajstić information content (AvgIpc) is 2.21. The first-order valence-electron chi connectivity index (χ1n) is 5.04. The molecule has 0 aliphatic heterocycles. The molecule has 0 saturated carbocycles. The van der Waals surface area contributed by atoms with Crippen LogP contribution in [0.2, 0.25) is 0 Å². The maximum absolute atomic E-state index is 11.3. The zero-order valence-electron chi connectivity index (χ0n) is 9.10. The normalized spacial score (nSPS) is 10.8. The van der Waals surface area contributed by atoms with Gasteiger partial charge in [0.25, 0.3) is 0 Å². The van der Waals surface area contributed by atoms with Crippen LogP contribution in [0.5, 0.6) is 0 Å². The first-order valence-corrected chi connectivity index (χ1v) is 6.69. The Balaban J connectivity index is 2.73. The first kappa shape index (κ1) is 12.5. The van der Waals surface area contributed by atoms with E-state index >= 15 is 0 Å². The molecular weight excluding hydrogens is 224 g/mol. The summed E-state index contributed by atoms with van der Waals surface area (Å²) in [6.07, 6.45) is 2.03. The van der Waals surface area contributed by atoms with Crippen LogP contribution in [0.4, 0.5) is 5.69 Å². The van der Waals surface area contributed by atoms with Crippen molar-refractivity contribution in [1.82, 2.24) is 0 Å². The van der Waals surface area contributed by atoms with E-state index in [4.69, 9.17) is 5.26 Å². The Labute approximate surface area is 96.0 Å². The first-order chi connectivity index (χ1) is 7.57. The predicted octanol–water partition coefficient (Wildman–Crippen LogP) is 1.90. The third-order valence-electron chi connectivity index (χ3n) is 2.02. The van der Waals surface area contributed by atoms with Gasteiger partial charge >= 0.3 is 0 Å². The fourth-order valence-corrected chi connectivity index (χ4v) is 2.07. The van der Waals surface area contributed by atoms with E-state index in [-0.39, 0.29) is 0 Å². The van der Waals surface area contributed by atoms with E-state index < -0.39 is 15.8 Å². The fraction of sp³-hybridized carbons (Fsp3) is 0.364. The second kappa shape index (κ2) is 5.52. The van der Waals surface area contributed by atoms with Crippen LogP contribution in [0.15, 0.2) is 24.3 Å². The molecule has 4 nitrogen and oxygen atoms in total. The number of aryl methyl sites for hydroxylation is 1. The predicted molar refractivity (Wildman–Crippen MR) is 63.5 cm³/mol. The van der Waals surface area contributed by atoms with Crippen LogP contribution >= 0.6 is 0 Å². The molecule has 5 heteroatoms. The van der Waals surface area contributed by atoms with Crippen molar-refractivity contribution in [2.75, 3.05) is 10.5 Å². The Hall–Kier alpha value is -1.54. The van der Waals surface area contributed by atoms with Crippen molar-refractivity contribution in [2.24, 2.45) is 0 Å². The minimum absolute atomic E-state index is 0.495. The molecule has 0 aliphatic rings. The molecule has 0 aromatic heterocycles. The van der Waals surface area contributed by atoms with Crippen LogP contribution in [0, 0.1) is 11.3 Å². The molecule has 0 fully saturated rings. The average molecular weight is 238 g/mol. The molecule has 1 rings (SSSR count). The summed E-state index contributed by atoms with van der Waals surface area (Å²) in [6.45, 7) is 2.09. The largest absolute Gasteiger partial charge is 0.283 e. The summed E-state index contributed by atoms with van der Waals surface area (Å²) >= 11 is 0. The van der Waals surface area contributed by atoms with E-state index in [2.05, 4.69) is 11.6 Å².